The molecule has 6 aromatic heterocycles. The van der Waals surface area contributed by atoms with Crippen LogP contribution in [0.1, 0.15) is 25.0 Å². The van der Waals surface area contributed by atoms with Crippen molar-refractivity contribution < 1.29 is 0 Å². The summed E-state index contributed by atoms with van der Waals surface area (Å²) in [5, 5.41) is 11.8. The zero-order chi connectivity index (χ0) is 56.5. The van der Waals surface area contributed by atoms with Crippen molar-refractivity contribution in [1.82, 2.24) is 33.2 Å². The Labute approximate surface area is 497 Å². The number of hydrogen-bond donors (Lipinski definition) is 0. The highest BCUT2D eigenvalue weighted by Crippen LogP contribution is 2.53. The summed E-state index contributed by atoms with van der Waals surface area (Å²) in [5.41, 5.74) is 19.0. The summed E-state index contributed by atoms with van der Waals surface area (Å²) in [7, 11) is 0. The van der Waals surface area contributed by atoms with Crippen LogP contribution in [0.4, 0.5) is 0 Å². The molecule has 0 spiro atoms. The standard InChI is InChI=1S/C78H49N7S/c1-78(2)62-26-12-6-20-51(62)59-39-41-68-73(74(59)78)60-25-10-16-30-66(60)83(68)75-79-76(81-77(80-75)85-65-29-15-8-22-53(65)56-37-33-48(44-70(56)85)49-34-38-58-57-24-11-17-31-71(57)86-72(58)45-49)84-64-28-14-7-21-52(64)55-36-32-47(43-69(55)84)46-35-40-67-61(42-46)54-23-9-13-27-63(54)82(67)50-18-4-3-5-19-50/h3-45H,1-2H3. The van der Waals surface area contributed by atoms with Gasteiger partial charge in [-0.25, -0.2) is 0 Å². The first-order chi connectivity index (χ1) is 42.4. The largest absolute Gasteiger partial charge is 0.309 e. The maximum Gasteiger partial charge on any atom is 0.241 e. The van der Waals surface area contributed by atoms with E-state index >= 15 is 0 Å². The molecule has 0 N–H and O–H groups in total. The van der Waals surface area contributed by atoms with Crippen LogP contribution in [-0.2, 0) is 5.41 Å². The highest BCUT2D eigenvalue weighted by molar-refractivity contribution is 7.25. The summed E-state index contributed by atoms with van der Waals surface area (Å²) in [6.07, 6.45) is 0. The van der Waals surface area contributed by atoms with Crippen molar-refractivity contribution in [2.24, 2.45) is 0 Å². The van der Waals surface area contributed by atoms with Gasteiger partial charge in [0, 0.05) is 74.4 Å². The molecule has 7 nitrogen and oxygen atoms in total. The number of aromatic nitrogens is 7. The Bertz CT molecular complexity index is 5950. The van der Waals surface area contributed by atoms with Gasteiger partial charge in [0.2, 0.25) is 17.8 Å². The molecule has 0 unspecified atom stereocenters. The predicted molar refractivity (Wildman–Crippen MR) is 359 cm³/mol. The molecule has 12 aromatic carbocycles. The molecule has 0 fully saturated rings. The van der Waals surface area contributed by atoms with Gasteiger partial charge in [-0.05, 0) is 123 Å². The highest BCUT2D eigenvalue weighted by atomic mass is 32.1. The van der Waals surface area contributed by atoms with Gasteiger partial charge in [-0.2, -0.15) is 15.0 Å². The van der Waals surface area contributed by atoms with Crippen LogP contribution in [0.2, 0.25) is 0 Å². The van der Waals surface area contributed by atoms with Gasteiger partial charge in [0.05, 0.1) is 44.1 Å². The molecule has 0 saturated carbocycles. The fourth-order valence-electron chi connectivity index (χ4n) is 14.8. The van der Waals surface area contributed by atoms with E-state index in [9.17, 15) is 0 Å². The molecule has 0 bridgehead atoms. The molecule has 0 amide bonds. The third kappa shape index (κ3) is 6.59. The Balaban J connectivity index is 0.882. The van der Waals surface area contributed by atoms with Crippen molar-refractivity contribution in [3.8, 4) is 56.9 Å². The maximum atomic E-state index is 5.77. The van der Waals surface area contributed by atoms with Gasteiger partial charge in [0.15, 0.2) is 0 Å². The van der Waals surface area contributed by atoms with Gasteiger partial charge in [-0.3, -0.25) is 13.7 Å². The summed E-state index contributed by atoms with van der Waals surface area (Å²) in [5.74, 6) is 1.58. The Hall–Kier alpha value is -10.9. The van der Waals surface area contributed by atoms with E-state index in [1.54, 1.807) is 0 Å². The number of rotatable bonds is 6. The summed E-state index contributed by atoms with van der Waals surface area (Å²) in [4.78, 5) is 17.3. The SMILES string of the molecule is CC1(C)c2ccccc2-c2ccc3c(c21)c1ccccc1n3-c1nc(-n2c3ccccc3c3ccc(-c4ccc5c(c4)sc4ccccc45)cc32)nc(-n2c3ccccc3c3ccc(-c4ccc5c(c4)c4ccccc4n5-c4ccccc4)cc32)n1. The fraction of sp³-hybridized carbons (Fsp3) is 0.0385. The number of para-hydroxylation sites is 5. The molecule has 1 aliphatic carbocycles. The van der Waals surface area contributed by atoms with E-state index < -0.39 is 0 Å². The summed E-state index contributed by atoms with van der Waals surface area (Å²) < 4.78 is 11.8. The van der Waals surface area contributed by atoms with Crippen molar-refractivity contribution in [2.45, 2.75) is 19.3 Å². The minimum atomic E-state index is -0.262. The average Bonchev–Trinajstić information content (AvgIpc) is 1.66. The first-order valence-electron chi connectivity index (χ1n) is 29.4. The molecular weight excluding hydrogens is 1070 g/mol. The van der Waals surface area contributed by atoms with E-state index in [0.29, 0.717) is 17.8 Å². The minimum Gasteiger partial charge on any atom is -0.309 e. The van der Waals surface area contributed by atoms with Crippen molar-refractivity contribution >= 4 is 119 Å². The molecule has 0 saturated heterocycles. The van der Waals surface area contributed by atoms with E-state index in [2.05, 4.69) is 293 Å². The molecule has 18 aromatic rings. The third-order valence-electron chi connectivity index (χ3n) is 18.6. The predicted octanol–water partition coefficient (Wildman–Crippen LogP) is 20.3. The quantitative estimate of drug-likeness (QED) is 0.167. The van der Waals surface area contributed by atoms with Crippen molar-refractivity contribution in [3.05, 3.63) is 272 Å². The Morgan fingerprint density at radius 3 is 1.37 bits per heavy atom. The van der Waals surface area contributed by atoms with E-state index in [1.807, 2.05) is 11.3 Å². The van der Waals surface area contributed by atoms with Gasteiger partial charge in [0.25, 0.3) is 0 Å². The lowest BCUT2D eigenvalue weighted by atomic mass is 9.80. The molecule has 19 rings (SSSR count). The molecular formula is C78H49N7S. The molecule has 0 radical (unpaired) electrons. The lowest BCUT2D eigenvalue weighted by molar-refractivity contribution is 0.666. The number of hydrogen-bond acceptors (Lipinski definition) is 4. The Morgan fingerprint density at radius 1 is 0.291 bits per heavy atom. The Kier molecular flexibility index (Phi) is 9.71. The van der Waals surface area contributed by atoms with E-state index in [1.165, 1.54) is 69.6 Å². The topological polar surface area (TPSA) is 58.4 Å². The smallest absolute Gasteiger partial charge is 0.241 e. The number of thiophene rings is 1. The summed E-state index contributed by atoms with van der Waals surface area (Å²) in [6, 6.07) is 95.3. The second-order valence-corrected chi connectivity index (χ2v) is 24.6. The molecule has 8 heteroatoms. The molecule has 402 valence electrons. The van der Waals surface area contributed by atoms with Crippen LogP contribution in [-0.4, -0.2) is 33.2 Å². The van der Waals surface area contributed by atoms with Crippen LogP contribution in [0.5, 0.6) is 0 Å². The first-order valence-corrected chi connectivity index (χ1v) is 30.2. The zero-order valence-corrected chi connectivity index (χ0v) is 47.7. The number of benzene rings is 12. The van der Waals surface area contributed by atoms with E-state index in [0.717, 1.165) is 88.0 Å². The van der Waals surface area contributed by atoms with Crippen LogP contribution in [0.3, 0.4) is 0 Å². The van der Waals surface area contributed by atoms with Crippen molar-refractivity contribution in [1.29, 1.82) is 0 Å². The monoisotopic (exact) mass is 1120 g/mol. The average molecular weight is 1120 g/mol. The van der Waals surface area contributed by atoms with Crippen LogP contribution in [0, 0.1) is 0 Å². The third-order valence-corrected chi connectivity index (χ3v) is 19.8. The van der Waals surface area contributed by atoms with Crippen molar-refractivity contribution in [2.75, 3.05) is 0 Å². The highest BCUT2D eigenvalue weighted by Gasteiger charge is 2.38. The molecule has 0 atom stereocenters. The maximum absolute atomic E-state index is 5.77. The van der Waals surface area contributed by atoms with E-state index in [-0.39, 0.29) is 5.41 Å². The fourth-order valence-corrected chi connectivity index (χ4v) is 16.0. The summed E-state index contributed by atoms with van der Waals surface area (Å²) in [6.45, 7) is 4.74. The van der Waals surface area contributed by atoms with E-state index in [4.69, 9.17) is 15.0 Å². The second kappa shape index (κ2) is 17.6. The second-order valence-electron chi connectivity index (χ2n) is 23.5. The zero-order valence-electron chi connectivity index (χ0n) is 46.9. The lowest BCUT2D eigenvalue weighted by Crippen LogP contribution is -2.15. The van der Waals surface area contributed by atoms with Gasteiger partial charge in [0.1, 0.15) is 0 Å². The van der Waals surface area contributed by atoms with Crippen LogP contribution in [0.15, 0.2) is 261 Å². The lowest BCUT2D eigenvalue weighted by Gasteiger charge is -2.22. The normalized spacial score (nSPS) is 13.1. The van der Waals surface area contributed by atoms with Crippen LogP contribution < -0.4 is 0 Å². The van der Waals surface area contributed by atoms with Gasteiger partial charge >= 0.3 is 0 Å². The first kappa shape index (κ1) is 47.5. The van der Waals surface area contributed by atoms with Gasteiger partial charge < -0.3 is 4.57 Å². The summed E-state index contributed by atoms with van der Waals surface area (Å²) >= 11 is 1.85. The number of nitrogens with zero attached hydrogens (tertiary/aromatic N) is 7. The van der Waals surface area contributed by atoms with Gasteiger partial charge in [-0.15, -0.1) is 11.3 Å². The van der Waals surface area contributed by atoms with Crippen LogP contribution >= 0.6 is 11.3 Å². The molecule has 86 heavy (non-hydrogen) atoms. The minimum absolute atomic E-state index is 0.262. The molecule has 1 aliphatic rings. The number of fused-ring (bicyclic) bond motifs is 19. The van der Waals surface area contributed by atoms with Gasteiger partial charge in [-0.1, -0.05) is 196 Å². The molecule has 6 heterocycles. The molecule has 0 aliphatic heterocycles. The van der Waals surface area contributed by atoms with Crippen molar-refractivity contribution in [3.63, 3.8) is 0 Å². The van der Waals surface area contributed by atoms with Crippen LogP contribution in [0.25, 0.3) is 164 Å². The Morgan fingerprint density at radius 2 is 0.721 bits per heavy atom.